The second-order valence-electron chi connectivity index (χ2n) is 6.36. The Hall–Kier alpha value is -2.05. The van der Waals surface area contributed by atoms with Crippen LogP contribution in [0.3, 0.4) is 0 Å². The van der Waals surface area contributed by atoms with Crippen molar-refractivity contribution in [2.45, 2.75) is 42.0 Å². The molecule has 2 heterocycles. The van der Waals surface area contributed by atoms with Gasteiger partial charge in [-0.2, -0.15) is 5.10 Å². The van der Waals surface area contributed by atoms with Gasteiger partial charge in [-0.15, -0.1) is 0 Å². The van der Waals surface area contributed by atoms with Crippen molar-refractivity contribution in [3.8, 4) is 5.82 Å². The van der Waals surface area contributed by atoms with Gasteiger partial charge >= 0.3 is 0 Å². The summed E-state index contributed by atoms with van der Waals surface area (Å²) in [6, 6.07) is 10.5. The van der Waals surface area contributed by atoms with E-state index in [4.69, 9.17) is 11.6 Å². The molecule has 4 rings (SSSR count). The molecular formula is C18H18ClN3O2S. The normalized spacial score (nSPS) is 15.3. The van der Waals surface area contributed by atoms with Gasteiger partial charge in [0.15, 0.2) is 0 Å². The fourth-order valence-corrected chi connectivity index (χ4v) is 4.83. The number of aromatic nitrogens is 3. The lowest BCUT2D eigenvalue weighted by Gasteiger charge is -2.27. The van der Waals surface area contributed by atoms with Gasteiger partial charge in [0.05, 0.1) is 26.5 Å². The number of halogens is 1. The van der Waals surface area contributed by atoms with Crippen molar-refractivity contribution < 1.29 is 8.42 Å². The Kier molecular flexibility index (Phi) is 3.96. The Bertz CT molecular complexity index is 1030. The highest BCUT2D eigenvalue weighted by atomic mass is 35.5. The van der Waals surface area contributed by atoms with Crippen LogP contribution in [0.5, 0.6) is 0 Å². The molecule has 2 aromatic heterocycles. The van der Waals surface area contributed by atoms with Crippen LogP contribution in [0.2, 0.25) is 5.02 Å². The first-order valence-electron chi connectivity index (χ1n) is 8.21. The lowest BCUT2D eigenvalue weighted by atomic mass is 9.93. The molecule has 0 atom stereocenters. The summed E-state index contributed by atoms with van der Waals surface area (Å²) in [5.74, 6) is 0.891. The zero-order chi connectivity index (χ0) is 17.6. The van der Waals surface area contributed by atoms with Crippen LogP contribution in [0, 0.1) is 6.92 Å². The van der Waals surface area contributed by atoms with E-state index in [1.54, 1.807) is 36.7 Å². The molecule has 5 nitrogen and oxygen atoms in total. The number of benzene rings is 1. The molecule has 7 heteroatoms. The summed E-state index contributed by atoms with van der Waals surface area (Å²) in [4.78, 5) is 0.345. The van der Waals surface area contributed by atoms with E-state index in [1.165, 1.54) is 12.5 Å². The largest absolute Gasteiger partial charge is 0.307 e. The van der Waals surface area contributed by atoms with Crippen molar-refractivity contribution >= 4 is 21.4 Å². The van der Waals surface area contributed by atoms with Crippen LogP contribution in [0.15, 0.2) is 58.6 Å². The maximum Gasteiger partial charge on any atom is 0.209 e. The van der Waals surface area contributed by atoms with Gasteiger partial charge in [-0.25, -0.2) is 13.1 Å². The summed E-state index contributed by atoms with van der Waals surface area (Å²) < 4.78 is 29.6. The third-order valence-corrected chi connectivity index (χ3v) is 6.86. The molecule has 0 spiro atoms. The van der Waals surface area contributed by atoms with Crippen molar-refractivity contribution in [1.29, 1.82) is 0 Å². The number of rotatable bonds is 4. The zero-order valence-electron chi connectivity index (χ0n) is 13.8. The SMILES string of the molecule is Cc1cc(-n2ccc(S(=O)(=O)c3ccccc3Cl)c2)n(C2CCC2)n1. The van der Waals surface area contributed by atoms with Crippen molar-refractivity contribution in [2.75, 3.05) is 0 Å². The average molecular weight is 376 g/mol. The highest BCUT2D eigenvalue weighted by molar-refractivity contribution is 7.91. The molecule has 1 aliphatic rings. The van der Waals surface area contributed by atoms with Crippen molar-refractivity contribution in [3.05, 3.63) is 59.5 Å². The summed E-state index contributed by atoms with van der Waals surface area (Å²) in [5.41, 5.74) is 0.922. The predicted molar refractivity (Wildman–Crippen MR) is 96.1 cm³/mol. The standard InChI is InChI=1S/C18H18ClN3O2S/c1-13-11-18(22(20-13)14-5-4-6-14)21-10-9-15(12-21)25(23,24)17-8-3-2-7-16(17)19/h2-3,7-12,14H,4-6H2,1H3. The van der Waals surface area contributed by atoms with E-state index >= 15 is 0 Å². The van der Waals surface area contributed by atoms with Gasteiger partial charge in [-0.05, 0) is 44.4 Å². The van der Waals surface area contributed by atoms with E-state index < -0.39 is 9.84 Å². The minimum absolute atomic E-state index is 0.123. The third kappa shape index (κ3) is 2.79. The minimum Gasteiger partial charge on any atom is -0.307 e. The predicted octanol–water partition coefficient (Wildman–Crippen LogP) is 4.19. The zero-order valence-corrected chi connectivity index (χ0v) is 15.3. The Balaban J connectivity index is 1.75. The van der Waals surface area contributed by atoms with E-state index in [1.807, 2.05) is 22.2 Å². The first-order valence-corrected chi connectivity index (χ1v) is 10.1. The second kappa shape index (κ2) is 6.04. The number of hydrogen-bond acceptors (Lipinski definition) is 3. The van der Waals surface area contributed by atoms with Crippen LogP contribution in [-0.2, 0) is 9.84 Å². The Morgan fingerprint density at radius 1 is 1.20 bits per heavy atom. The maximum absolute atomic E-state index is 12.9. The average Bonchev–Trinajstić information content (AvgIpc) is 3.13. The first-order chi connectivity index (χ1) is 12.0. The van der Waals surface area contributed by atoms with Crippen LogP contribution in [0.25, 0.3) is 5.82 Å². The molecule has 0 N–H and O–H groups in total. The van der Waals surface area contributed by atoms with Crippen LogP contribution in [-0.4, -0.2) is 22.8 Å². The smallest absolute Gasteiger partial charge is 0.209 e. The lowest BCUT2D eigenvalue weighted by Crippen LogP contribution is -2.20. The van der Waals surface area contributed by atoms with E-state index in [0.717, 1.165) is 24.4 Å². The van der Waals surface area contributed by atoms with Crippen molar-refractivity contribution in [3.63, 3.8) is 0 Å². The summed E-state index contributed by atoms with van der Waals surface area (Å²) in [6.45, 7) is 1.95. The fraction of sp³-hybridized carbons (Fsp3) is 0.278. The number of hydrogen-bond donors (Lipinski definition) is 0. The van der Waals surface area contributed by atoms with Crippen LogP contribution in [0.1, 0.15) is 31.0 Å². The number of nitrogens with zero attached hydrogens (tertiary/aromatic N) is 3. The molecule has 0 amide bonds. The molecule has 1 fully saturated rings. The molecule has 25 heavy (non-hydrogen) atoms. The van der Waals surface area contributed by atoms with Gasteiger partial charge in [0.2, 0.25) is 9.84 Å². The fourth-order valence-electron chi connectivity index (χ4n) is 3.06. The number of aryl methyl sites for hydroxylation is 1. The Morgan fingerprint density at radius 2 is 1.96 bits per heavy atom. The second-order valence-corrected chi connectivity index (χ2v) is 8.69. The topological polar surface area (TPSA) is 56.9 Å². The van der Waals surface area contributed by atoms with E-state index in [2.05, 4.69) is 5.10 Å². The highest BCUT2D eigenvalue weighted by Crippen LogP contribution is 2.34. The van der Waals surface area contributed by atoms with Gasteiger partial charge in [0, 0.05) is 18.5 Å². The monoisotopic (exact) mass is 375 g/mol. The first kappa shape index (κ1) is 16.4. The van der Waals surface area contributed by atoms with Crippen LogP contribution >= 0.6 is 11.6 Å². The van der Waals surface area contributed by atoms with Crippen molar-refractivity contribution in [2.24, 2.45) is 0 Å². The van der Waals surface area contributed by atoms with Crippen LogP contribution < -0.4 is 0 Å². The summed E-state index contributed by atoms with van der Waals surface area (Å²) in [6.07, 6.45) is 6.82. The Morgan fingerprint density at radius 3 is 2.64 bits per heavy atom. The van der Waals surface area contributed by atoms with E-state index in [0.29, 0.717) is 6.04 Å². The maximum atomic E-state index is 12.9. The van der Waals surface area contributed by atoms with Crippen LogP contribution in [0.4, 0.5) is 0 Å². The van der Waals surface area contributed by atoms with Gasteiger partial charge in [-0.1, -0.05) is 23.7 Å². The molecule has 130 valence electrons. The van der Waals surface area contributed by atoms with Gasteiger partial charge in [0.1, 0.15) is 5.82 Å². The van der Waals surface area contributed by atoms with Gasteiger partial charge in [-0.3, -0.25) is 0 Å². The van der Waals surface area contributed by atoms with Crippen molar-refractivity contribution in [1.82, 2.24) is 14.3 Å². The quantitative estimate of drug-likeness (QED) is 0.686. The molecule has 3 aromatic rings. The molecule has 0 radical (unpaired) electrons. The molecular weight excluding hydrogens is 358 g/mol. The molecule has 0 unspecified atom stereocenters. The number of sulfone groups is 1. The summed E-state index contributed by atoms with van der Waals surface area (Å²) in [7, 11) is -3.66. The lowest BCUT2D eigenvalue weighted by molar-refractivity contribution is 0.286. The summed E-state index contributed by atoms with van der Waals surface area (Å²) in [5, 5.41) is 4.81. The van der Waals surface area contributed by atoms with E-state index in [9.17, 15) is 8.42 Å². The minimum atomic E-state index is -3.66. The molecule has 1 saturated carbocycles. The molecule has 0 saturated heterocycles. The third-order valence-electron chi connectivity index (χ3n) is 4.63. The molecule has 0 aliphatic heterocycles. The van der Waals surface area contributed by atoms with Gasteiger partial charge in [0.25, 0.3) is 0 Å². The molecule has 1 aliphatic carbocycles. The van der Waals surface area contributed by atoms with E-state index in [-0.39, 0.29) is 14.8 Å². The Labute approximate surface area is 151 Å². The summed E-state index contributed by atoms with van der Waals surface area (Å²) >= 11 is 6.08. The van der Waals surface area contributed by atoms with Gasteiger partial charge < -0.3 is 4.57 Å². The molecule has 0 bridgehead atoms. The highest BCUT2D eigenvalue weighted by Gasteiger charge is 2.25. The molecule has 1 aromatic carbocycles.